The molecule has 1 aliphatic rings. The van der Waals surface area contributed by atoms with Gasteiger partial charge in [-0.3, -0.25) is 0 Å². The van der Waals surface area contributed by atoms with Gasteiger partial charge >= 0.3 is 50.9 Å². The first-order chi connectivity index (χ1) is 6.83. The molecule has 3 heteroatoms. The van der Waals surface area contributed by atoms with Crippen molar-refractivity contribution in [3.63, 3.8) is 0 Å². The average molecular weight is 488 g/mol. The normalized spacial score (nSPS) is 13.1. The van der Waals surface area contributed by atoms with Crippen molar-refractivity contribution in [1.29, 1.82) is 0 Å². The monoisotopic (exact) mass is 487 g/mol. The van der Waals surface area contributed by atoms with Crippen LogP contribution < -0.4 is 0 Å². The Hall–Kier alpha value is 1.30. The molecule has 1 aliphatic carbocycles. The van der Waals surface area contributed by atoms with E-state index in [0.717, 1.165) is 6.42 Å². The molecule has 0 fully saturated rings. The topological polar surface area (TPSA) is 0 Å². The van der Waals surface area contributed by atoms with Crippen LogP contribution in [0.4, 0.5) is 0 Å². The van der Waals surface area contributed by atoms with Crippen molar-refractivity contribution in [1.82, 2.24) is 0 Å². The van der Waals surface area contributed by atoms with Crippen molar-refractivity contribution in [3.05, 3.63) is 47.4 Å². The summed E-state index contributed by atoms with van der Waals surface area (Å²) < 4.78 is 0. The second kappa shape index (κ2) is 7.56. The van der Waals surface area contributed by atoms with Gasteiger partial charge in [0, 0.05) is 5.92 Å². The predicted molar refractivity (Wildman–Crippen MR) is 76.2 cm³/mol. The molecular formula is C11H11I2Zr. The van der Waals surface area contributed by atoms with Crippen molar-refractivity contribution in [3.8, 4) is 0 Å². The van der Waals surface area contributed by atoms with Gasteiger partial charge in [0.25, 0.3) is 0 Å². The molecule has 0 amide bonds. The molecule has 73 valence electrons. The summed E-state index contributed by atoms with van der Waals surface area (Å²) in [6, 6.07) is 8.53. The third kappa shape index (κ3) is 3.71. The van der Waals surface area contributed by atoms with Crippen molar-refractivity contribution in [2.45, 2.75) is 13.3 Å². The molecule has 1 radical (unpaired) electrons. The summed E-state index contributed by atoms with van der Waals surface area (Å²) in [5.41, 5.74) is 2.78. The van der Waals surface area contributed by atoms with Crippen LogP contribution >= 0.6 is 36.1 Å². The fraction of sp³-hybridized carbons (Fsp3) is 0.182. The van der Waals surface area contributed by atoms with Gasteiger partial charge in [-0.1, -0.05) is 43.3 Å². The number of rotatable bonds is 1. The van der Waals surface area contributed by atoms with E-state index in [1.54, 1.807) is 0 Å². The summed E-state index contributed by atoms with van der Waals surface area (Å²) in [4.78, 5) is 0. The zero-order chi connectivity index (χ0) is 10.4. The third-order valence-electron chi connectivity index (χ3n) is 2.15. The maximum absolute atomic E-state index is 2.45. The van der Waals surface area contributed by atoms with Crippen LogP contribution in [0.5, 0.6) is 0 Å². The fourth-order valence-electron chi connectivity index (χ4n) is 1.52. The Morgan fingerprint density at radius 2 is 1.79 bits per heavy atom. The van der Waals surface area contributed by atoms with Crippen LogP contribution in [0.3, 0.4) is 0 Å². The number of hydrogen-bond acceptors (Lipinski definition) is 0. The van der Waals surface area contributed by atoms with Crippen LogP contribution in [0.2, 0.25) is 0 Å². The quantitative estimate of drug-likeness (QED) is 0.498. The molecule has 0 spiro atoms. The molecule has 1 aromatic rings. The standard InChI is InChI=1S/C11H11.2HI.Zr/c1-2-9-7-8-10-5-3-4-6-11(9)10;;;/h3-8H,2H2,1H3;2*1H;/q;;;+2/p-2. The van der Waals surface area contributed by atoms with Gasteiger partial charge in [0.1, 0.15) is 0 Å². The van der Waals surface area contributed by atoms with E-state index in [-0.39, 0.29) is 14.9 Å². The van der Waals surface area contributed by atoms with Gasteiger partial charge < -0.3 is 0 Å². The Morgan fingerprint density at radius 1 is 1.14 bits per heavy atom. The average Bonchev–Trinajstić information content (AvgIpc) is 2.62. The van der Waals surface area contributed by atoms with E-state index < -0.39 is 0 Å². The minimum absolute atomic E-state index is 0.170. The molecule has 0 aliphatic heterocycles. The van der Waals surface area contributed by atoms with E-state index in [2.05, 4.69) is 79.4 Å². The number of allylic oxidation sites excluding steroid dienone is 1. The summed E-state index contributed by atoms with van der Waals surface area (Å²) in [5, 5.41) is 0. The number of halogens is 2. The number of fused-ring (bicyclic) bond motifs is 1. The van der Waals surface area contributed by atoms with Crippen LogP contribution in [-0.2, 0) is 14.9 Å². The zero-order valence-corrected chi connectivity index (χ0v) is 14.7. The first-order valence-electron chi connectivity index (χ1n) is 4.43. The molecule has 0 N–H and O–H groups in total. The zero-order valence-electron chi connectivity index (χ0n) is 7.93. The molecule has 0 atom stereocenters. The van der Waals surface area contributed by atoms with E-state index >= 15 is 0 Å². The summed E-state index contributed by atoms with van der Waals surface area (Å²) in [6.07, 6.45) is 5.53. The molecule has 0 unspecified atom stereocenters. The molecule has 0 nitrogen and oxygen atoms in total. The van der Waals surface area contributed by atoms with Crippen LogP contribution in [0.1, 0.15) is 24.5 Å². The van der Waals surface area contributed by atoms with Crippen LogP contribution in [0, 0.1) is 5.92 Å². The Balaban J connectivity index is 0.000000293. The Bertz CT molecular complexity index is 310. The molecular weight excluding hydrogens is 477 g/mol. The minimum atomic E-state index is 0.170. The molecule has 0 heterocycles. The van der Waals surface area contributed by atoms with Crippen molar-refractivity contribution in [2.75, 3.05) is 0 Å². The second-order valence-corrected chi connectivity index (χ2v) is 21.8. The number of benzene rings is 1. The maximum atomic E-state index is 2.45. The van der Waals surface area contributed by atoms with Gasteiger partial charge in [0.15, 0.2) is 0 Å². The van der Waals surface area contributed by atoms with E-state index in [0.29, 0.717) is 0 Å². The summed E-state index contributed by atoms with van der Waals surface area (Å²) in [5.74, 6) is 1.46. The van der Waals surface area contributed by atoms with Gasteiger partial charge in [-0.05, 0) is 17.5 Å². The first kappa shape index (κ1) is 13.4. The molecule has 0 saturated heterocycles. The van der Waals surface area contributed by atoms with Crippen LogP contribution in [0.15, 0.2) is 30.3 Å². The van der Waals surface area contributed by atoms with Gasteiger partial charge in [0.2, 0.25) is 0 Å². The Kier molecular flexibility index (Phi) is 7.22. The molecule has 0 saturated carbocycles. The Morgan fingerprint density at radius 3 is 2.43 bits per heavy atom. The molecule has 0 bridgehead atoms. The fourth-order valence-corrected chi connectivity index (χ4v) is 1.52. The van der Waals surface area contributed by atoms with Gasteiger partial charge in [-0.2, -0.15) is 0 Å². The summed E-state index contributed by atoms with van der Waals surface area (Å²) in [7, 11) is 0. The van der Waals surface area contributed by atoms with E-state index in [1.165, 1.54) is 17.0 Å². The van der Waals surface area contributed by atoms with Crippen molar-refractivity contribution in [2.24, 2.45) is 0 Å². The molecule has 14 heavy (non-hydrogen) atoms. The van der Waals surface area contributed by atoms with E-state index in [1.807, 2.05) is 0 Å². The molecule has 2 rings (SSSR count). The van der Waals surface area contributed by atoms with E-state index in [4.69, 9.17) is 0 Å². The van der Waals surface area contributed by atoms with Gasteiger partial charge in [0.05, 0.1) is 0 Å². The SMILES string of the molecule is CC[C]1C=Cc2ccccc21.[I][Zr][I]. The Labute approximate surface area is 116 Å². The summed E-state index contributed by atoms with van der Waals surface area (Å²) in [6.45, 7) is 2.20. The third-order valence-corrected chi connectivity index (χ3v) is 2.15. The van der Waals surface area contributed by atoms with Crippen LogP contribution in [0.25, 0.3) is 6.08 Å². The van der Waals surface area contributed by atoms with Crippen molar-refractivity contribution >= 4 is 42.2 Å². The molecule has 1 aromatic carbocycles. The molecule has 0 aromatic heterocycles. The van der Waals surface area contributed by atoms with Gasteiger partial charge in [-0.25, -0.2) is 0 Å². The number of hydrogen-bond donors (Lipinski definition) is 0. The summed E-state index contributed by atoms with van der Waals surface area (Å²) >= 11 is 5.06. The first-order valence-corrected chi connectivity index (χ1v) is 19.0. The van der Waals surface area contributed by atoms with Crippen LogP contribution in [-0.4, -0.2) is 0 Å². The van der Waals surface area contributed by atoms with Crippen molar-refractivity contribution < 1.29 is 14.9 Å². The van der Waals surface area contributed by atoms with E-state index in [9.17, 15) is 0 Å². The predicted octanol–water partition coefficient (Wildman–Crippen LogP) is 4.81. The van der Waals surface area contributed by atoms with Gasteiger partial charge in [-0.15, -0.1) is 0 Å². The second-order valence-electron chi connectivity index (χ2n) is 2.87.